The molecule has 2 aliphatic carbocycles. The summed E-state index contributed by atoms with van der Waals surface area (Å²) in [6, 6.07) is 8.69. The van der Waals surface area contributed by atoms with Gasteiger partial charge in [-0.1, -0.05) is 19.9 Å². The van der Waals surface area contributed by atoms with Crippen LogP contribution < -0.4 is 10.6 Å². The molecule has 1 amide bonds. The largest absolute Gasteiger partial charge is 0.382 e. The zero-order valence-electron chi connectivity index (χ0n) is 13.1. The number of benzene rings is 1. The minimum absolute atomic E-state index is 0.173. The molecular formula is C18H26N2O. The monoisotopic (exact) mass is 286 g/mol. The Balaban J connectivity index is 1.61. The zero-order chi connectivity index (χ0) is 14.8. The van der Waals surface area contributed by atoms with Gasteiger partial charge in [-0.05, 0) is 62.1 Å². The lowest BCUT2D eigenvalue weighted by Gasteiger charge is -2.32. The highest BCUT2D eigenvalue weighted by molar-refractivity contribution is 5.94. The molecule has 2 N–H and O–H groups in total. The molecule has 2 aliphatic rings. The summed E-state index contributed by atoms with van der Waals surface area (Å²) < 4.78 is 0. The average molecular weight is 286 g/mol. The van der Waals surface area contributed by atoms with Gasteiger partial charge in [0.15, 0.2) is 0 Å². The van der Waals surface area contributed by atoms with Gasteiger partial charge in [0, 0.05) is 23.3 Å². The van der Waals surface area contributed by atoms with Gasteiger partial charge in [0.2, 0.25) is 5.91 Å². The van der Waals surface area contributed by atoms with Gasteiger partial charge >= 0.3 is 0 Å². The molecule has 0 spiro atoms. The fourth-order valence-electron chi connectivity index (χ4n) is 3.58. The number of hydrogen-bond donors (Lipinski definition) is 2. The van der Waals surface area contributed by atoms with E-state index in [2.05, 4.69) is 36.6 Å². The third kappa shape index (κ3) is 3.99. The van der Waals surface area contributed by atoms with Crippen molar-refractivity contribution in [2.45, 2.75) is 52.0 Å². The van der Waals surface area contributed by atoms with Crippen molar-refractivity contribution in [3.63, 3.8) is 0 Å². The van der Waals surface area contributed by atoms with Crippen molar-refractivity contribution < 1.29 is 4.79 Å². The van der Waals surface area contributed by atoms with E-state index in [1.807, 2.05) is 12.1 Å². The third-order valence-electron chi connectivity index (χ3n) is 4.63. The van der Waals surface area contributed by atoms with Crippen molar-refractivity contribution >= 4 is 17.3 Å². The van der Waals surface area contributed by atoms with Crippen LogP contribution in [-0.2, 0) is 4.79 Å². The predicted molar refractivity (Wildman–Crippen MR) is 87.4 cm³/mol. The smallest absolute Gasteiger partial charge is 0.227 e. The molecule has 0 heterocycles. The minimum Gasteiger partial charge on any atom is -0.382 e. The second kappa shape index (κ2) is 6.08. The summed E-state index contributed by atoms with van der Waals surface area (Å²) in [5, 5.41) is 6.67. The van der Waals surface area contributed by atoms with Gasteiger partial charge in [0.1, 0.15) is 0 Å². The maximum Gasteiger partial charge on any atom is 0.227 e. The van der Waals surface area contributed by atoms with Gasteiger partial charge < -0.3 is 10.6 Å². The number of anilines is 2. The molecule has 2 unspecified atom stereocenters. The Labute approximate surface area is 127 Å². The van der Waals surface area contributed by atoms with Crippen LogP contribution in [0.1, 0.15) is 46.0 Å². The lowest BCUT2D eigenvalue weighted by Crippen LogP contribution is -2.30. The number of hydrogen-bond acceptors (Lipinski definition) is 2. The first-order valence-electron chi connectivity index (χ1n) is 8.27. The standard InChI is InChI=1S/C18H26N2O/c1-12-8-13(2)10-17(9-12)19-15-4-3-5-16(11-15)20-18(21)14-6-7-14/h3-5,11-14,17,19H,6-10H2,1-2H3,(H,20,21). The fourth-order valence-corrected chi connectivity index (χ4v) is 3.58. The molecule has 0 aliphatic heterocycles. The summed E-state index contributed by atoms with van der Waals surface area (Å²) in [6.45, 7) is 4.69. The van der Waals surface area contributed by atoms with E-state index in [9.17, 15) is 4.79 Å². The molecule has 114 valence electrons. The molecular weight excluding hydrogens is 260 g/mol. The second-order valence-corrected chi connectivity index (χ2v) is 7.10. The van der Waals surface area contributed by atoms with Crippen LogP contribution in [0.3, 0.4) is 0 Å². The molecule has 2 saturated carbocycles. The van der Waals surface area contributed by atoms with Gasteiger partial charge in [-0.3, -0.25) is 4.79 Å². The number of amides is 1. The van der Waals surface area contributed by atoms with Crippen LogP contribution in [0.2, 0.25) is 0 Å². The lowest BCUT2D eigenvalue weighted by atomic mass is 9.80. The number of carbonyl (C=O) groups is 1. The average Bonchev–Trinajstić information content (AvgIpc) is 3.21. The molecule has 0 radical (unpaired) electrons. The Hall–Kier alpha value is -1.51. The normalized spacial score (nSPS) is 29.0. The van der Waals surface area contributed by atoms with E-state index >= 15 is 0 Å². The molecule has 3 heteroatoms. The first-order chi connectivity index (χ1) is 10.1. The third-order valence-corrected chi connectivity index (χ3v) is 4.63. The van der Waals surface area contributed by atoms with Crippen LogP contribution >= 0.6 is 0 Å². The van der Waals surface area contributed by atoms with Crippen LogP contribution in [0, 0.1) is 17.8 Å². The topological polar surface area (TPSA) is 41.1 Å². The zero-order valence-corrected chi connectivity index (χ0v) is 13.1. The second-order valence-electron chi connectivity index (χ2n) is 7.10. The molecule has 3 rings (SSSR count). The van der Waals surface area contributed by atoms with Gasteiger partial charge in [-0.2, -0.15) is 0 Å². The van der Waals surface area contributed by atoms with E-state index in [4.69, 9.17) is 0 Å². The molecule has 2 fully saturated rings. The van der Waals surface area contributed by atoms with E-state index in [1.165, 1.54) is 19.3 Å². The van der Waals surface area contributed by atoms with Crippen molar-refractivity contribution in [2.24, 2.45) is 17.8 Å². The maximum absolute atomic E-state index is 11.8. The van der Waals surface area contributed by atoms with E-state index in [0.29, 0.717) is 6.04 Å². The number of nitrogens with one attached hydrogen (secondary N) is 2. The molecule has 0 saturated heterocycles. The fraction of sp³-hybridized carbons (Fsp3) is 0.611. The summed E-state index contributed by atoms with van der Waals surface area (Å²) in [5.74, 6) is 2.02. The highest BCUT2D eigenvalue weighted by atomic mass is 16.2. The van der Waals surface area contributed by atoms with Gasteiger partial charge in [-0.25, -0.2) is 0 Å². The molecule has 21 heavy (non-hydrogen) atoms. The summed E-state index contributed by atoms with van der Waals surface area (Å²) in [6.07, 6.45) is 5.91. The van der Waals surface area contributed by atoms with E-state index in [1.54, 1.807) is 0 Å². The Kier molecular flexibility index (Phi) is 4.18. The summed E-state index contributed by atoms with van der Waals surface area (Å²) in [7, 11) is 0. The van der Waals surface area contributed by atoms with E-state index < -0.39 is 0 Å². The van der Waals surface area contributed by atoms with Crippen molar-refractivity contribution in [3.05, 3.63) is 24.3 Å². The van der Waals surface area contributed by atoms with Crippen LogP contribution in [0.15, 0.2) is 24.3 Å². The van der Waals surface area contributed by atoms with Gasteiger partial charge in [-0.15, -0.1) is 0 Å². The van der Waals surface area contributed by atoms with Crippen LogP contribution in [0.5, 0.6) is 0 Å². The Morgan fingerprint density at radius 2 is 1.71 bits per heavy atom. The van der Waals surface area contributed by atoms with Crippen LogP contribution in [0.25, 0.3) is 0 Å². The molecule has 0 bridgehead atoms. The van der Waals surface area contributed by atoms with Gasteiger partial charge in [0.25, 0.3) is 0 Å². The molecule has 1 aromatic rings. The molecule has 2 atom stereocenters. The predicted octanol–water partition coefficient (Wildman–Crippen LogP) is 4.27. The Morgan fingerprint density at radius 1 is 1.05 bits per heavy atom. The SMILES string of the molecule is CC1CC(C)CC(Nc2cccc(NC(=O)C3CC3)c2)C1. The number of carbonyl (C=O) groups excluding carboxylic acids is 1. The van der Waals surface area contributed by atoms with Crippen molar-refractivity contribution in [1.82, 2.24) is 0 Å². The molecule has 1 aromatic carbocycles. The van der Waals surface area contributed by atoms with Crippen molar-refractivity contribution in [3.8, 4) is 0 Å². The summed E-state index contributed by atoms with van der Waals surface area (Å²) >= 11 is 0. The first kappa shape index (κ1) is 14.4. The van der Waals surface area contributed by atoms with E-state index in [0.717, 1.165) is 36.1 Å². The van der Waals surface area contributed by atoms with Crippen LogP contribution in [-0.4, -0.2) is 11.9 Å². The number of rotatable bonds is 4. The van der Waals surface area contributed by atoms with E-state index in [-0.39, 0.29) is 11.8 Å². The van der Waals surface area contributed by atoms with Crippen LogP contribution in [0.4, 0.5) is 11.4 Å². The first-order valence-corrected chi connectivity index (χ1v) is 8.27. The Bertz CT molecular complexity index is 500. The Morgan fingerprint density at radius 3 is 2.38 bits per heavy atom. The maximum atomic E-state index is 11.8. The lowest BCUT2D eigenvalue weighted by molar-refractivity contribution is -0.117. The highest BCUT2D eigenvalue weighted by Gasteiger charge is 2.29. The quantitative estimate of drug-likeness (QED) is 0.867. The molecule has 3 nitrogen and oxygen atoms in total. The highest BCUT2D eigenvalue weighted by Crippen LogP contribution is 2.32. The summed E-state index contributed by atoms with van der Waals surface area (Å²) in [5.41, 5.74) is 2.03. The minimum atomic E-state index is 0.173. The summed E-state index contributed by atoms with van der Waals surface area (Å²) in [4.78, 5) is 11.8. The van der Waals surface area contributed by atoms with Crippen molar-refractivity contribution in [2.75, 3.05) is 10.6 Å². The molecule has 0 aromatic heterocycles. The van der Waals surface area contributed by atoms with Gasteiger partial charge in [0.05, 0.1) is 0 Å². The van der Waals surface area contributed by atoms with Crippen molar-refractivity contribution in [1.29, 1.82) is 0 Å².